The second-order valence-electron chi connectivity index (χ2n) is 6.11. The van der Waals surface area contributed by atoms with E-state index in [2.05, 4.69) is 29.2 Å². The molecule has 1 amide bonds. The Morgan fingerprint density at radius 2 is 1.89 bits per heavy atom. The summed E-state index contributed by atoms with van der Waals surface area (Å²) < 4.78 is 0. The highest BCUT2D eigenvalue weighted by Gasteiger charge is 2.28. The number of hydrogen-bond acceptors (Lipinski definition) is 4. The van der Waals surface area contributed by atoms with Gasteiger partial charge in [-0.05, 0) is 53.0 Å². The lowest BCUT2D eigenvalue weighted by atomic mass is 10.1. The zero-order chi connectivity index (χ0) is 13.8. The van der Waals surface area contributed by atoms with Gasteiger partial charge in [0.05, 0.1) is 6.54 Å². The normalized spacial score (nSPS) is 26.0. The molecule has 1 N–H and O–H groups in total. The first kappa shape index (κ1) is 14.8. The molecule has 2 aliphatic heterocycles. The van der Waals surface area contributed by atoms with E-state index in [9.17, 15) is 4.79 Å². The fourth-order valence-electron chi connectivity index (χ4n) is 3.13. The minimum Gasteiger partial charge on any atom is -0.340 e. The summed E-state index contributed by atoms with van der Waals surface area (Å²) in [6.45, 7) is 4.83. The van der Waals surface area contributed by atoms with Gasteiger partial charge >= 0.3 is 0 Å². The van der Waals surface area contributed by atoms with Crippen molar-refractivity contribution in [2.45, 2.75) is 31.3 Å². The van der Waals surface area contributed by atoms with Crippen molar-refractivity contribution in [2.24, 2.45) is 0 Å². The van der Waals surface area contributed by atoms with E-state index in [0.717, 1.165) is 45.4 Å². The van der Waals surface area contributed by atoms with Crippen LogP contribution < -0.4 is 5.32 Å². The third-order valence-corrected chi connectivity index (χ3v) is 4.62. The molecule has 5 nitrogen and oxygen atoms in total. The fourth-order valence-corrected chi connectivity index (χ4v) is 3.13. The number of amides is 1. The van der Waals surface area contributed by atoms with Gasteiger partial charge in [-0.15, -0.1) is 0 Å². The molecule has 110 valence electrons. The average Bonchev–Trinajstić information content (AvgIpc) is 2.85. The van der Waals surface area contributed by atoms with Gasteiger partial charge in [0.15, 0.2) is 0 Å². The number of carbonyl (C=O) groups excluding carboxylic acids is 1. The molecule has 2 heterocycles. The molecule has 0 aromatic rings. The van der Waals surface area contributed by atoms with Gasteiger partial charge in [0.25, 0.3) is 0 Å². The highest BCUT2D eigenvalue weighted by Crippen LogP contribution is 2.14. The minimum atomic E-state index is 0.265. The van der Waals surface area contributed by atoms with E-state index in [4.69, 9.17) is 0 Å². The quantitative estimate of drug-likeness (QED) is 0.768. The molecule has 0 spiro atoms. The van der Waals surface area contributed by atoms with Crippen LogP contribution in [0.2, 0.25) is 0 Å². The maximum absolute atomic E-state index is 12.3. The van der Waals surface area contributed by atoms with Crippen molar-refractivity contribution in [3.05, 3.63) is 0 Å². The molecule has 2 rings (SSSR count). The third kappa shape index (κ3) is 3.91. The van der Waals surface area contributed by atoms with Crippen LogP contribution in [0.1, 0.15) is 19.3 Å². The van der Waals surface area contributed by atoms with Gasteiger partial charge in [0.2, 0.25) is 5.91 Å². The number of nitrogens with one attached hydrogen (secondary N) is 1. The number of piperidine rings is 1. The first-order valence-electron chi connectivity index (χ1n) is 7.43. The van der Waals surface area contributed by atoms with E-state index in [1.54, 1.807) is 0 Å². The molecule has 0 radical (unpaired) electrons. The van der Waals surface area contributed by atoms with E-state index in [1.165, 1.54) is 0 Å². The largest absolute Gasteiger partial charge is 0.340 e. The number of rotatable bonds is 4. The maximum Gasteiger partial charge on any atom is 0.236 e. The van der Waals surface area contributed by atoms with Gasteiger partial charge in [-0.1, -0.05) is 0 Å². The molecule has 0 unspecified atom stereocenters. The standard InChI is InChI=1S/C14H28N4O/c1-16-9-6-13(10-16)18(3)14(19)11-17(2)12-4-7-15-8-5-12/h12-13,15H,4-11H2,1-3H3/t13-/m1/s1. The van der Waals surface area contributed by atoms with Gasteiger partial charge in [0.1, 0.15) is 0 Å². The monoisotopic (exact) mass is 268 g/mol. The van der Waals surface area contributed by atoms with Crippen LogP contribution in [0.5, 0.6) is 0 Å². The highest BCUT2D eigenvalue weighted by atomic mass is 16.2. The molecular formula is C14H28N4O. The van der Waals surface area contributed by atoms with Gasteiger partial charge in [-0.2, -0.15) is 0 Å². The average molecular weight is 268 g/mol. The molecule has 19 heavy (non-hydrogen) atoms. The smallest absolute Gasteiger partial charge is 0.236 e. The van der Waals surface area contributed by atoms with Crippen LogP contribution in [-0.4, -0.2) is 86.6 Å². The Morgan fingerprint density at radius 3 is 2.47 bits per heavy atom. The molecule has 2 saturated heterocycles. The van der Waals surface area contributed by atoms with Crippen molar-refractivity contribution in [1.29, 1.82) is 0 Å². The Labute approximate surface area is 116 Å². The highest BCUT2D eigenvalue weighted by molar-refractivity contribution is 5.78. The molecule has 2 aliphatic rings. The van der Waals surface area contributed by atoms with Crippen LogP contribution in [-0.2, 0) is 4.79 Å². The van der Waals surface area contributed by atoms with E-state index >= 15 is 0 Å². The first-order valence-corrected chi connectivity index (χ1v) is 7.43. The van der Waals surface area contributed by atoms with Crippen molar-refractivity contribution in [1.82, 2.24) is 20.0 Å². The lowest BCUT2D eigenvalue weighted by Crippen LogP contribution is -2.48. The Hall–Kier alpha value is -0.650. The Bertz CT molecular complexity index is 304. The Balaban J connectivity index is 1.79. The van der Waals surface area contributed by atoms with Crippen LogP contribution in [0.3, 0.4) is 0 Å². The van der Waals surface area contributed by atoms with Crippen molar-refractivity contribution < 1.29 is 4.79 Å². The van der Waals surface area contributed by atoms with E-state index in [1.807, 2.05) is 11.9 Å². The van der Waals surface area contributed by atoms with E-state index in [0.29, 0.717) is 18.6 Å². The summed E-state index contributed by atoms with van der Waals surface area (Å²) >= 11 is 0. The molecule has 0 aromatic heterocycles. The van der Waals surface area contributed by atoms with Crippen LogP contribution in [0.15, 0.2) is 0 Å². The molecule has 5 heteroatoms. The molecule has 1 atom stereocenters. The summed E-state index contributed by atoms with van der Waals surface area (Å²) in [6, 6.07) is 0.962. The van der Waals surface area contributed by atoms with E-state index in [-0.39, 0.29) is 5.91 Å². The van der Waals surface area contributed by atoms with Crippen molar-refractivity contribution >= 4 is 5.91 Å². The lowest BCUT2D eigenvalue weighted by Gasteiger charge is -2.33. The molecule has 0 bridgehead atoms. The summed E-state index contributed by atoms with van der Waals surface area (Å²) in [5.74, 6) is 0.265. The first-order chi connectivity index (χ1) is 9.08. The van der Waals surface area contributed by atoms with Gasteiger partial charge < -0.3 is 15.1 Å². The van der Waals surface area contributed by atoms with Crippen molar-refractivity contribution in [3.8, 4) is 0 Å². The maximum atomic E-state index is 12.3. The predicted octanol–water partition coefficient (Wildman–Crippen LogP) is -0.167. The summed E-state index contributed by atoms with van der Waals surface area (Å²) in [4.78, 5) is 18.8. The van der Waals surface area contributed by atoms with Gasteiger partial charge in [-0.3, -0.25) is 9.69 Å². The van der Waals surface area contributed by atoms with Crippen LogP contribution in [0.25, 0.3) is 0 Å². The van der Waals surface area contributed by atoms with E-state index < -0.39 is 0 Å². The van der Waals surface area contributed by atoms with Crippen LogP contribution in [0, 0.1) is 0 Å². The number of carbonyl (C=O) groups is 1. The Kier molecular flexibility index (Phi) is 5.19. The number of likely N-dealkylation sites (N-methyl/N-ethyl adjacent to an activating group) is 3. The molecule has 0 aromatic carbocycles. The summed E-state index contributed by atoms with van der Waals surface area (Å²) in [6.07, 6.45) is 3.41. The zero-order valence-electron chi connectivity index (χ0n) is 12.6. The van der Waals surface area contributed by atoms with Gasteiger partial charge in [-0.25, -0.2) is 0 Å². The third-order valence-electron chi connectivity index (χ3n) is 4.62. The predicted molar refractivity (Wildman–Crippen MR) is 77.2 cm³/mol. The van der Waals surface area contributed by atoms with Crippen molar-refractivity contribution in [3.63, 3.8) is 0 Å². The molecule has 0 aliphatic carbocycles. The number of nitrogens with zero attached hydrogens (tertiary/aromatic N) is 3. The summed E-state index contributed by atoms with van der Waals surface area (Å²) in [5.41, 5.74) is 0. The van der Waals surface area contributed by atoms with Crippen LogP contribution in [0.4, 0.5) is 0 Å². The zero-order valence-corrected chi connectivity index (χ0v) is 12.6. The summed E-state index contributed by atoms with van der Waals surface area (Å²) in [7, 11) is 6.17. The number of likely N-dealkylation sites (tertiary alicyclic amines) is 1. The second kappa shape index (κ2) is 6.68. The van der Waals surface area contributed by atoms with Crippen molar-refractivity contribution in [2.75, 3.05) is 53.9 Å². The summed E-state index contributed by atoms with van der Waals surface area (Å²) in [5, 5.41) is 3.37. The minimum absolute atomic E-state index is 0.265. The molecule has 2 fully saturated rings. The SMILES string of the molecule is CN1CC[C@@H](N(C)C(=O)CN(C)C2CCNCC2)C1. The van der Waals surface area contributed by atoms with Gasteiger partial charge in [0, 0.05) is 25.7 Å². The number of hydrogen-bond donors (Lipinski definition) is 1. The lowest BCUT2D eigenvalue weighted by molar-refractivity contribution is -0.133. The molecular weight excluding hydrogens is 240 g/mol. The second-order valence-corrected chi connectivity index (χ2v) is 6.11. The Morgan fingerprint density at radius 1 is 1.21 bits per heavy atom. The topological polar surface area (TPSA) is 38.8 Å². The van der Waals surface area contributed by atoms with Crippen LogP contribution >= 0.6 is 0 Å². The fraction of sp³-hybridized carbons (Fsp3) is 0.929. The molecule has 0 saturated carbocycles.